The maximum absolute atomic E-state index is 12.8. The lowest BCUT2D eigenvalue weighted by molar-refractivity contribution is 0.130. The van der Waals surface area contributed by atoms with Gasteiger partial charge in [0.05, 0.1) is 6.04 Å². The van der Waals surface area contributed by atoms with Crippen molar-refractivity contribution in [2.24, 2.45) is 5.73 Å². The van der Waals surface area contributed by atoms with Crippen molar-refractivity contribution in [3.05, 3.63) is 11.4 Å². The average Bonchev–Trinajstić information content (AvgIpc) is 2.69. The van der Waals surface area contributed by atoms with Crippen LogP contribution < -0.4 is 5.73 Å². The molecule has 1 unspecified atom stereocenters. The zero-order valence-electron chi connectivity index (χ0n) is 9.36. The first-order valence-electron chi connectivity index (χ1n) is 5.02. The molecule has 1 aromatic heterocycles. The summed E-state index contributed by atoms with van der Waals surface area (Å²) in [6.07, 6.45) is -2.01. The minimum atomic E-state index is -2.61. The van der Waals surface area contributed by atoms with Crippen LogP contribution in [0.2, 0.25) is 0 Å². The maximum Gasteiger partial charge on any atom is 0.281 e. The molecule has 5 nitrogen and oxygen atoms in total. The van der Waals surface area contributed by atoms with E-state index in [1.807, 2.05) is 0 Å². The van der Waals surface area contributed by atoms with Crippen molar-refractivity contribution in [1.82, 2.24) is 15.0 Å². The van der Waals surface area contributed by atoms with Gasteiger partial charge in [0, 0.05) is 20.3 Å². The van der Waals surface area contributed by atoms with Gasteiger partial charge in [-0.15, -0.1) is 5.10 Å². The highest BCUT2D eigenvalue weighted by Gasteiger charge is 2.23. The van der Waals surface area contributed by atoms with Crippen molar-refractivity contribution in [1.29, 1.82) is 0 Å². The molecule has 1 atom stereocenters. The van der Waals surface area contributed by atoms with Gasteiger partial charge in [-0.1, -0.05) is 5.21 Å². The van der Waals surface area contributed by atoms with Gasteiger partial charge in [0.2, 0.25) is 0 Å². The van der Waals surface area contributed by atoms with Crippen molar-refractivity contribution in [3.63, 3.8) is 0 Å². The van der Waals surface area contributed by atoms with Crippen LogP contribution in [0.15, 0.2) is 0 Å². The Balaban J connectivity index is 2.90. The molecule has 7 heteroatoms. The topological polar surface area (TPSA) is 66.0 Å². The van der Waals surface area contributed by atoms with E-state index in [1.54, 1.807) is 14.0 Å². The molecule has 2 N–H and O–H groups in total. The number of halogens is 2. The summed E-state index contributed by atoms with van der Waals surface area (Å²) in [7, 11) is 1.56. The van der Waals surface area contributed by atoms with Crippen molar-refractivity contribution in [3.8, 4) is 0 Å². The molecule has 0 amide bonds. The first kappa shape index (κ1) is 13.0. The normalized spacial score (nSPS) is 13.4. The Hall–Kier alpha value is -1.08. The highest BCUT2D eigenvalue weighted by atomic mass is 19.3. The van der Waals surface area contributed by atoms with Gasteiger partial charge in [0.1, 0.15) is 11.4 Å². The summed E-state index contributed by atoms with van der Waals surface area (Å²) in [6.45, 7) is 2.25. The Morgan fingerprint density at radius 2 is 2.19 bits per heavy atom. The molecule has 1 aromatic rings. The molecule has 0 bridgehead atoms. The highest BCUT2D eigenvalue weighted by molar-refractivity contribution is 5.11. The SMILES string of the molecule is COCCC(C)n1nnc(CN)c1C(F)F. The van der Waals surface area contributed by atoms with Gasteiger partial charge in [-0.05, 0) is 13.3 Å². The second kappa shape index (κ2) is 5.86. The average molecular weight is 234 g/mol. The number of nitrogens with zero attached hydrogens (tertiary/aromatic N) is 3. The minimum Gasteiger partial charge on any atom is -0.385 e. The van der Waals surface area contributed by atoms with Crippen LogP contribution in [0.5, 0.6) is 0 Å². The molecule has 0 radical (unpaired) electrons. The lowest BCUT2D eigenvalue weighted by Gasteiger charge is -2.14. The fourth-order valence-electron chi connectivity index (χ4n) is 1.44. The van der Waals surface area contributed by atoms with Gasteiger partial charge in [-0.25, -0.2) is 13.5 Å². The molecule has 0 saturated carbocycles. The number of aromatic nitrogens is 3. The lowest BCUT2D eigenvalue weighted by atomic mass is 10.2. The van der Waals surface area contributed by atoms with Crippen molar-refractivity contribution in [2.75, 3.05) is 13.7 Å². The Kier molecular flexibility index (Phi) is 4.75. The number of hydrogen-bond donors (Lipinski definition) is 1. The molecule has 0 saturated heterocycles. The van der Waals surface area contributed by atoms with E-state index in [9.17, 15) is 8.78 Å². The van der Waals surface area contributed by atoms with Crippen LogP contribution in [-0.4, -0.2) is 28.7 Å². The predicted molar refractivity (Wildman–Crippen MR) is 54.1 cm³/mol. The van der Waals surface area contributed by atoms with Crippen molar-refractivity contribution < 1.29 is 13.5 Å². The van der Waals surface area contributed by atoms with Crippen LogP contribution in [0, 0.1) is 0 Å². The van der Waals surface area contributed by atoms with Crippen LogP contribution in [0.1, 0.15) is 37.2 Å². The van der Waals surface area contributed by atoms with Gasteiger partial charge in [-0.2, -0.15) is 0 Å². The van der Waals surface area contributed by atoms with Crippen LogP contribution in [-0.2, 0) is 11.3 Å². The molecule has 0 aliphatic rings. The van der Waals surface area contributed by atoms with E-state index in [4.69, 9.17) is 10.5 Å². The molecular formula is C9H16F2N4O. The molecule has 0 aliphatic heterocycles. The molecule has 1 heterocycles. The first-order chi connectivity index (χ1) is 7.61. The highest BCUT2D eigenvalue weighted by Crippen LogP contribution is 2.24. The monoisotopic (exact) mass is 234 g/mol. The van der Waals surface area contributed by atoms with Crippen LogP contribution in [0.25, 0.3) is 0 Å². The summed E-state index contributed by atoms with van der Waals surface area (Å²) < 4.78 is 31.7. The van der Waals surface area contributed by atoms with E-state index in [0.717, 1.165) is 0 Å². The van der Waals surface area contributed by atoms with Gasteiger partial charge in [0.25, 0.3) is 6.43 Å². The quantitative estimate of drug-likeness (QED) is 0.805. The van der Waals surface area contributed by atoms with Crippen molar-refractivity contribution >= 4 is 0 Å². The number of methoxy groups -OCH3 is 1. The molecule has 0 fully saturated rings. The lowest BCUT2D eigenvalue weighted by Crippen LogP contribution is -2.14. The molecule has 92 valence electrons. The zero-order valence-corrected chi connectivity index (χ0v) is 9.36. The second-order valence-electron chi connectivity index (χ2n) is 3.50. The molecule has 1 rings (SSSR count). The van der Waals surface area contributed by atoms with Gasteiger partial charge < -0.3 is 10.5 Å². The largest absolute Gasteiger partial charge is 0.385 e. The van der Waals surface area contributed by atoms with Gasteiger partial charge in [0.15, 0.2) is 0 Å². The summed E-state index contributed by atoms with van der Waals surface area (Å²) in [6, 6.07) is -0.184. The van der Waals surface area contributed by atoms with E-state index in [0.29, 0.717) is 13.0 Å². The van der Waals surface area contributed by atoms with Crippen LogP contribution >= 0.6 is 0 Å². The van der Waals surface area contributed by atoms with E-state index in [-0.39, 0.29) is 24.0 Å². The minimum absolute atomic E-state index is 0.0311. The van der Waals surface area contributed by atoms with E-state index in [1.165, 1.54) is 4.68 Å². The number of alkyl halides is 2. The van der Waals surface area contributed by atoms with Gasteiger partial charge >= 0.3 is 0 Å². The third-order valence-corrected chi connectivity index (χ3v) is 2.36. The Bertz CT molecular complexity index is 329. The molecule has 0 spiro atoms. The fourth-order valence-corrected chi connectivity index (χ4v) is 1.44. The Morgan fingerprint density at radius 1 is 1.50 bits per heavy atom. The number of ether oxygens (including phenoxy) is 1. The Morgan fingerprint density at radius 3 is 2.69 bits per heavy atom. The summed E-state index contributed by atoms with van der Waals surface area (Å²) in [5, 5.41) is 7.36. The van der Waals surface area contributed by atoms with Crippen LogP contribution in [0.3, 0.4) is 0 Å². The Labute approximate surface area is 92.6 Å². The second-order valence-corrected chi connectivity index (χ2v) is 3.50. The first-order valence-corrected chi connectivity index (χ1v) is 5.02. The fraction of sp³-hybridized carbons (Fsp3) is 0.778. The van der Waals surface area contributed by atoms with E-state index >= 15 is 0 Å². The molecule has 16 heavy (non-hydrogen) atoms. The summed E-state index contributed by atoms with van der Waals surface area (Å²) in [5.41, 5.74) is 5.29. The standard InChI is InChI=1S/C9H16F2N4O/c1-6(3-4-16-2)15-8(9(10)11)7(5-12)13-14-15/h6,9H,3-5,12H2,1-2H3. The van der Waals surface area contributed by atoms with E-state index in [2.05, 4.69) is 10.3 Å². The number of rotatable bonds is 6. The van der Waals surface area contributed by atoms with Gasteiger partial charge in [-0.3, -0.25) is 0 Å². The number of hydrogen-bond acceptors (Lipinski definition) is 4. The maximum atomic E-state index is 12.8. The van der Waals surface area contributed by atoms with Crippen LogP contribution in [0.4, 0.5) is 8.78 Å². The number of nitrogens with two attached hydrogens (primary N) is 1. The molecular weight excluding hydrogens is 218 g/mol. The molecule has 0 aliphatic carbocycles. The van der Waals surface area contributed by atoms with Crippen molar-refractivity contribution in [2.45, 2.75) is 32.4 Å². The summed E-state index contributed by atoms with van der Waals surface area (Å²) in [5.74, 6) is 0. The zero-order chi connectivity index (χ0) is 12.1. The molecule has 0 aromatic carbocycles. The smallest absolute Gasteiger partial charge is 0.281 e. The summed E-state index contributed by atoms with van der Waals surface area (Å²) >= 11 is 0. The third kappa shape index (κ3) is 2.73. The van der Waals surface area contributed by atoms with E-state index < -0.39 is 6.43 Å². The third-order valence-electron chi connectivity index (χ3n) is 2.36. The summed E-state index contributed by atoms with van der Waals surface area (Å²) in [4.78, 5) is 0. The predicted octanol–water partition coefficient (Wildman–Crippen LogP) is 1.27.